The molecule has 0 radical (unpaired) electrons. The van der Waals surface area contributed by atoms with Crippen molar-refractivity contribution in [2.24, 2.45) is 5.92 Å². The molecule has 2 aliphatic heterocycles. The number of carbonyl (C=O) groups is 3. The van der Waals surface area contributed by atoms with E-state index in [0.29, 0.717) is 17.7 Å². The van der Waals surface area contributed by atoms with Crippen LogP contribution in [-0.4, -0.2) is 72.3 Å². The molecule has 4 rings (SSSR count). The van der Waals surface area contributed by atoms with Crippen LogP contribution < -0.4 is 10.2 Å². The summed E-state index contributed by atoms with van der Waals surface area (Å²) in [5, 5.41) is 3.01. The molecule has 2 aromatic carbocycles. The van der Waals surface area contributed by atoms with Gasteiger partial charge in [0, 0.05) is 44.5 Å². The first kappa shape index (κ1) is 23.0. The summed E-state index contributed by atoms with van der Waals surface area (Å²) in [6, 6.07) is 16.5. The number of anilines is 1. The first-order valence-corrected chi connectivity index (χ1v) is 11.7. The van der Waals surface area contributed by atoms with Gasteiger partial charge < -0.3 is 10.2 Å². The van der Waals surface area contributed by atoms with E-state index in [0.717, 1.165) is 31.1 Å². The summed E-state index contributed by atoms with van der Waals surface area (Å²) in [5.74, 6) is -1.27. The molecule has 0 aromatic heterocycles. The van der Waals surface area contributed by atoms with Crippen LogP contribution in [0.3, 0.4) is 0 Å². The summed E-state index contributed by atoms with van der Waals surface area (Å²) in [7, 11) is 0. The van der Waals surface area contributed by atoms with E-state index in [1.165, 1.54) is 5.69 Å². The Balaban J connectivity index is 1.34. The monoisotopic (exact) mass is 448 g/mol. The Kier molecular flexibility index (Phi) is 6.79. The summed E-state index contributed by atoms with van der Waals surface area (Å²) in [5.41, 5.74) is 1.97. The average Bonchev–Trinajstić information content (AvgIpc) is 3.08. The van der Waals surface area contributed by atoms with Crippen LogP contribution in [0.1, 0.15) is 41.5 Å². The fourth-order valence-electron chi connectivity index (χ4n) is 4.72. The molecule has 1 fully saturated rings. The van der Waals surface area contributed by atoms with E-state index in [-0.39, 0.29) is 17.9 Å². The number of amides is 3. The van der Waals surface area contributed by atoms with Crippen molar-refractivity contribution in [1.82, 2.24) is 15.1 Å². The van der Waals surface area contributed by atoms with Gasteiger partial charge >= 0.3 is 0 Å². The minimum atomic E-state index is -0.834. The van der Waals surface area contributed by atoms with E-state index in [4.69, 9.17) is 0 Å². The topological polar surface area (TPSA) is 73.0 Å². The zero-order valence-corrected chi connectivity index (χ0v) is 19.5. The number of nitrogens with one attached hydrogen (secondary N) is 1. The molecule has 2 aliphatic rings. The van der Waals surface area contributed by atoms with Gasteiger partial charge in [0.2, 0.25) is 5.91 Å². The van der Waals surface area contributed by atoms with Gasteiger partial charge in [-0.1, -0.05) is 44.2 Å². The summed E-state index contributed by atoms with van der Waals surface area (Å²) in [4.78, 5) is 44.8. The van der Waals surface area contributed by atoms with Crippen LogP contribution in [0.4, 0.5) is 5.69 Å². The fourth-order valence-corrected chi connectivity index (χ4v) is 4.72. The molecular weight excluding hydrogens is 416 g/mol. The summed E-state index contributed by atoms with van der Waals surface area (Å²) >= 11 is 0. The van der Waals surface area contributed by atoms with Gasteiger partial charge in [0.25, 0.3) is 11.8 Å². The number of fused-ring (bicyclic) bond motifs is 1. The fraction of sp³-hybridized carbons (Fsp3) is 0.423. The predicted molar refractivity (Wildman–Crippen MR) is 128 cm³/mol. The van der Waals surface area contributed by atoms with Crippen LogP contribution in [-0.2, 0) is 4.79 Å². The number of imide groups is 1. The molecule has 2 unspecified atom stereocenters. The van der Waals surface area contributed by atoms with Crippen LogP contribution in [0.5, 0.6) is 0 Å². The van der Waals surface area contributed by atoms with E-state index in [2.05, 4.69) is 46.3 Å². The van der Waals surface area contributed by atoms with Gasteiger partial charge in [-0.2, -0.15) is 0 Å². The second-order valence-electron chi connectivity index (χ2n) is 9.17. The lowest BCUT2D eigenvalue weighted by Crippen LogP contribution is -2.56. The molecule has 2 heterocycles. The molecule has 0 saturated carbocycles. The van der Waals surface area contributed by atoms with Gasteiger partial charge in [0.1, 0.15) is 6.04 Å². The Morgan fingerprint density at radius 3 is 1.94 bits per heavy atom. The second kappa shape index (κ2) is 9.75. The van der Waals surface area contributed by atoms with Crippen LogP contribution in [0.15, 0.2) is 54.6 Å². The van der Waals surface area contributed by atoms with Gasteiger partial charge in [0.05, 0.1) is 11.1 Å². The Morgan fingerprint density at radius 2 is 1.39 bits per heavy atom. The minimum absolute atomic E-state index is 0.155. The molecular formula is C26H32N4O3. The Morgan fingerprint density at radius 1 is 0.848 bits per heavy atom. The largest absolute Gasteiger partial charge is 0.369 e. The van der Waals surface area contributed by atoms with Crippen molar-refractivity contribution < 1.29 is 14.4 Å². The Hall–Kier alpha value is -3.19. The maximum absolute atomic E-state index is 13.2. The zero-order valence-electron chi connectivity index (χ0n) is 19.5. The molecule has 1 saturated heterocycles. The molecule has 0 bridgehead atoms. The lowest BCUT2D eigenvalue weighted by molar-refractivity contribution is -0.126. The average molecular weight is 449 g/mol. The summed E-state index contributed by atoms with van der Waals surface area (Å²) in [6.07, 6.45) is 0. The molecule has 3 amide bonds. The quantitative estimate of drug-likeness (QED) is 0.660. The van der Waals surface area contributed by atoms with Crippen molar-refractivity contribution in [3.63, 3.8) is 0 Å². The summed E-state index contributed by atoms with van der Waals surface area (Å²) < 4.78 is 0. The highest BCUT2D eigenvalue weighted by Crippen LogP contribution is 2.27. The number of nitrogens with zero attached hydrogens (tertiary/aromatic N) is 3. The van der Waals surface area contributed by atoms with E-state index >= 15 is 0 Å². The third-order valence-corrected chi connectivity index (χ3v) is 6.63. The predicted octanol–water partition coefficient (Wildman–Crippen LogP) is 2.63. The number of hydrogen-bond acceptors (Lipinski definition) is 5. The van der Waals surface area contributed by atoms with Crippen molar-refractivity contribution >= 4 is 23.4 Å². The summed E-state index contributed by atoms with van der Waals surface area (Å²) in [6.45, 7) is 10.00. The molecule has 0 aliphatic carbocycles. The van der Waals surface area contributed by atoms with Crippen LogP contribution in [0.2, 0.25) is 0 Å². The Labute approximate surface area is 195 Å². The van der Waals surface area contributed by atoms with Crippen molar-refractivity contribution in [3.05, 3.63) is 65.7 Å². The first-order chi connectivity index (χ1) is 15.9. The molecule has 1 N–H and O–H groups in total. The molecule has 0 spiro atoms. The number of piperazine rings is 1. The highest BCUT2D eigenvalue weighted by molar-refractivity contribution is 6.22. The number of rotatable bonds is 7. The highest BCUT2D eigenvalue weighted by atomic mass is 16.2. The van der Waals surface area contributed by atoms with Gasteiger partial charge in [-0.25, -0.2) is 0 Å². The lowest BCUT2D eigenvalue weighted by Gasteiger charge is -2.39. The number of carbonyl (C=O) groups excluding carboxylic acids is 3. The number of para-hydroxylation sites is 1. The normalized spacial score (nSPS) is 18.4. The third kappa shape index (κ3) is 4.64. The maximum atomic E-state index is 13.2. The van der Waals surface area contributed by atoms with Crippen LogP contribution in [0.25, 0.3) is 0 Å². The van der Waals surface area contributed by atoms with Gasteiger partial charge in [0.15, 0.2) is 0 Å². The van der Waals surface area contributed by atoms with Crippen molar-refractivity contribution in [2.45, 2.75) is 32.9 Å². The Bertz CT molecular complexity index is 980. The smallest absolute Gasteiger partial charge is 0.262 e. The van der Waals surface area contributed by atoms with Crippen molar-refractivity contribution in [3.8, 4) is 0 Å². The molecule has 174 valence electrons. The maximum Gasteiger partial charge on any atom is 0.262 e. The van der Waals surface area contributed by atoms with E-state index < -0.39 is 17.9 Å². The SMILES string of the molecule is CC(C)C(C(=O)NCC(C)N1CCN(c2ccccc2)CC1)N1C(=O)c2ccccc2C1=O. The van der Waals surface area contributed by atoms with Crippen LogP contribution >= 0.6 is 0 Å². The molecule has 7 nitrogen and oxygen atoms in total. The van der Waals surface area contributed by atoms with Crippen LogP contribution in [0, 0.1) is 5.92 Å². The van der Waals surface area contributed by atoms with E-state index in [1.807, 2.05) is 19.9 Å². The van der Waals surface area contributed by atoms with Gasteiger partial charge in [-0.3, -0.25) is 24.2 Å². The molecule has 33 heavy (non-hydrogen) atoms. The molecule has 2 atom stereocenters. The lowest BCUT2D eigenvalue weighted by atomic mass is 10.0. The van der Waals surface area contributed by atoms with E-state index in [9.17, 15) is 14.4 Å². The number of benzene rings is 2. The minimum Gasteiger partial charge on any atom is -0.369 e. The molecule has 7 heteroatoms. The standard InChI is InChI=1S/C26H32N4O3/c1-18(2)23(30-25(32)21-11-7-8-12-22(21)26(30)33)24(31)27-17-19(3)28-13-15-29(16-14-28)20-9-5-4-6-10-20/h4-12,18-19,23H,13-17H2,1-3H3,(H,27,31). The second-order valence-corrected chi connectivity index (χ2v) is 9.17. The zero-order chi connectivity index (χ0) is 23.5. The van der Waals surface area contributed by atoms with Crippen molar-refractivity contribution in [2.75, 3.05) is 37.6 Å². The first-order valence-electron chi connectivity index (χ1n) is 11.7. The highest BCUT2D eigenvalue weighted by Gasteiger charge is 2.43. The number of hydrogen-bond donors (Lipinski definition) is 1. The molecule has 2 aromatic rings. The van der Waals surface area contributed by atoms with Gasteiger partial charge in [-0.15, -0.1) is 0 Å². The van der Waals surface area contributed by atoms with Crippen molar-refractivity contribution in [1.29, 1.82) is 0 Å². The third-order valence-electron chi connectivity index (χ3n) is 6.63. The van der Waals surface area contributed by atoms with E-state index in [1.54, 1.807) is 24.3 Å². The van der Waals surface area contributed by atoms with Gasteiger partial charge in [-0.05, 0) is 37.1 Å².